The molecule has 0 bridgehead atoms. The second kappa shape index (κ2) is 25.6. The molecule has 0 spiro atoms. The van der Waals surface area contributed by atoms with Gasteiger partial charge in [-0.15, -0.1) is 11.3 Å². The molecule has 0 fully saturated rings. The van der Waals surface area contributed by atoms with Gasteiger partial charge in [-0.1, -0.05) is 334 Å². The van der Waals surface area contributed by atoms with Gasteiger partial charge >= 0.3 is 0 Å². The first-order valence-electron chi connectivity index (χ1n) is 36.6. The Hall–Kier alpha value is -13.7. The molecule has 18 aromatic carbocycles. The Labute approximate surface area is 622 Å². The molecule has 21 rings (SSSR count). The molecule has 5 heteroatoms. The maximum absolute atomic E-state index is 5.59. The number of rotatable bonds is 11. The van der Waals surface area contributed by atoms with Crippen LogP contribution in [0.25, 0.3) is 191 Å². The highest BCUT2D eigenvalue weighted by molar-refractivity contribution is 7.26. The van der Waals surface area contributed by atoms with Gasteiger partial charge in [0.1, 0.15) is 6.17 Å². The number of thiophene rings is 1. The SMILES string of the molecule is C1=C(c2ccc(-c3c4ccccc4cc4c3ccc3ccccc34)c3ccccc23)NC(c2ccc(-c3cc(-c4ccc(-c5cc(-c6ccc(-c7c8ccccc8cc8c7ccc7ccccc78)cc6)nc(-c6ccccc6)n5)cc4)c4sc5ccccc5c4c3)cc2)N=C1c1ccc(-c2ccccc2)cc1. The van der Waals surface area contributed by atoms with Crippen LogP contribution in [-0.2, 0) is 0 Å². The van der Waals surface area contributed by atoms with Crippen molar-refractivity contribution in [2.45, 2.75) is 6.17 Å². The van der Waals surface area contributed by atoms with Crippen molar-refractivity contribution >= 4 is 118 Å². The molecule has 0 aliphatic carbocycles. The summed E-state index contributed by atoms with van der Waals surface area (Å²) in [6.07, 6.45) is 1.86. The first-order chi connectivity index (χ1) is 53.0. The molecule has 2 aromatic heterocycles. The minimum Gasteiger partial charge on any atom is -0.359 e. The topological polar surface area (TPSA) is 50.2 Å². The molecule has 0 radical (unpaired) electrons. The Morgan fingerprint density at radius 1 is 0.252 bits per heavy atom. The first-order valence-corrected chi connectivity index (χ1v) is 37.4. The van der Waals surface area contributed by atoms with E-state index in [1.807, 2.05) is 17.4 Å². The van der Waals surface area contributed by atoms with Crippen LogP contribution in [0.2, 0.25) is 0 Å². The number of nitrogens with one attached hydrogen (secondary N) is 1. The van der Waals surface area contributed by atoms with Crippen molar-refractivity contribution in [1.82, 2.24) is 15.3 Å². The number of hydrogen-bond acceptors (Lipinski definition) is 5. The molecule has 1 N–H and O–H groups in total. The molecule has 1 aliphatic rings. The predicted octanol–water partition coefficient (Wildman–Crippen LogP) is 27.4. The molecule has 1 atom stereocenters. The van der Waals surface area contributed by atoms with Crippen LogP contribution in [0.15, 0.2) is 381 Å². The smallest absolute Gasteiger partial charge is 0.160 e. The lowest BCUT2D eigenvalue weighted by molar-refractivity contribution is 0.664. The maximum Gasteiger partial charge on any atom is 0.160 e. The summed E-state index contributed by atoms with van der Waals surface area (Å²) in [4.78, 5) is 16.2. The molecule has 3 heterocycles. The second-order valence-corrected chi connectivity index (χ2v) is 29.1. The van der Waals surface area contributed by atoms with E-state index in [2.05, 4.69) is 375 Å². The highest BCUT2D eigenvalue weighted by atomic mass is 32.1. The number of aliphatic imine (C=N–C) groups is 1. The summed E-state index contributed by atoms with van der Waals surface area (Å²) in [5, 5.41) is 23.8. The fraction of sp³-hybridized carbons (Fsp3) is 0.00980. The minimum atomic E-state index is -0.391. The van der Waals surface area contributed by atoms with Crippen LogP contribution in [0.5, 0.6) is 0 Å². The number of nitrogens with zero attached hydrogens (tertiary/aromatic N) is 3. The summed E-state index contributed by atoms with van der Waals surface area (Å²) in [7, 11) is 0. The van der Waals surface area contributed by atoms with Crippen molar-refractivity contribution in [2.24, 2.45) is 4.99 Å². The fourth-order valence-electron chi connectivity index (χ4n) is 16.6. The zero-order chi connectivity index (χ0) is 70.5. The van der Waals surface area contributed by atoms with Crippen LogP contribution in [0.3, 0.4) is 0 Å². The van der Waals surface area contributed by atoms with E-state index >= 15 is 0 Å². The Balaban J connectivity index is 0.634. The predicted molar refractivity (Wildman–Crippen MR) is 454 cm³/mol. The summed E-state index contributed by atoms with van der Waals surface area (Å²) in [5.41, 5.74) is 21.7. The van der Waals surface area contributed by atoms with E-state index < -0.39 is 6.17 Å². The second-order valence-electron chi connectivity index (χ2n) is 28.1. The summed E-state index contributed by atoms with van der Waals surface area (Å²) < 4.78 is 2.52. The van der Waals surface area contributed by atoms with Gasteiger partial charge in [-0.3, -0.25) is 4.99 Å². The lowest BCUT2D eigenvalue weighted by Gasteiger charge is -2.26. The Bertz CT molecular complexity index is 7040. The standard InChI is InChI=1S/C102H64N4S/c1-3-19-63(20-4-1)64-35-41-69(42-36-64)95-62-96(84-55-56-86(83-32-16-15-31-82(83)84)99-81-30-14-10-26-76(81)58-91-79-28-12-8-22-67(79)52-54-88(91)99)106-102(105-95)74-49-37-65(38-50-74)77-59-89(100-92(60-77)85-33-17-18-34-97(85)107-100)68-39-43-70(44-40-68)93-61-94(104-101(103-93)73-23-5-2-6-24-73)71-45-47-72(48-46-71)98-80-29-13-9-25-75(80)57-90-78-27-11-7-21-66(78)51-53-87(90)98/h1-62,102,106H. The maximum atomic E-state index is 5.59. The molecule has 0 saturated carbocycles. The Morgan fingerprint density at radius 2 is 0.710 bits per heavy atom. The van der Waals surface area contributed by atoms with E-state index in [1.165, 1.54) is 123 Å². The summed E-state index contributed by atoms with van der Waals surface area (Å²) in [6.45, 7) is 0. The van der Waals surface area contributed by atoms with Gasteiger partial charge in [0.15, 0.2) is 5.82 Å². The number of hydrogen-bond donors (Lipinski definition) is 1. The lowest BCUT2D eigenvalue weighted by atomic mass is 9.86. The highest BCUT2D eigenvalue weighted by Gasteiger charge is 2.25. The van der Waals surface area contributed by atoms with Crippen molar-refractivity contribution in [2.75, 3.05) is 0 Å². The van der Waals surface area contributed by atoms with Crippen LogP contribution >= 0.6 is 11.3 Å². The first kappa shape index (κ1) is 61.9. The van der Waals surface area contributed by atoms with Crippen molar-refractivity contribution in [3.63, 3.8) is 0 Å². The third-order valence-electron chi connectivity index (χ3n) is 21.9. The van der Waals surface area contributed by atoms with Crippen LogP contribution in [0, 0.1) is 0 Å². The molecule has 1 aliphatic heterocycles. The van der Waals surface area contributed by atoms with Crippen molar-refractivity contribution in [3.8, 4) is 89.5 Å². The summed E-state index contributed by atoms with van der Waals surface area (Å²) >= 11 is 1.86. The highest BCUT2D eigenvalue weighted by Crippen LogP contribution is 2.47. The molecular weight excluding hydrogens is 1310 g/mol. The monoisotopic (exact) mass is 1380 g/mol. The molecule has 4 nitrogen and oxygen atoms in total. The average molecular weight is 1380 g/mol. The van der Waals surface area contributed by atoms with E-state index in [4.69, 9.17) is 15.0 Å². The normalized spacial score (nSPS) is 13.1. The number of fused-ring (bicyclic) bond motifs is 12. The Kier molecular flexibility index (Phi) is 14.8. The van der Waals surface area contributed by atoms with E-state index in [9.17, 15) is 0 Å². The van der Waals surface area contributed by atoms with Crippen molar-refractivity contribution in [1.29, 1.82) is 0 Å². The molecule has 20 aromatic rings. The zero-order valence-electron chi connectivity index (χ0n) is 58.1. The van der Waals surface area contributed by atoms with Gasteiger partial charge in [0.05, 0.1) is 17.1 Å². The van der Waals surface area contributed by atoms with E-state index in [0.29, 0.717) is 5.82 Å². The minimum absolute atomic E-state index is 0.391. The van der Waals surface area contributed by atoms with Gasteiger partial charge in [0.25, 0.3) is 0 Å². The van der Waals surface area contributed by atoms with E-state index in [0.717, 1.165) is 84.0 Å². The molecule has 1 unspecified atom stereocenters. The average Bonchev–Trinajstić information content (AvgIpc) is 1.54. The van der Waals surface area contributed by atoms with Gasteiger partial charge in [-0.05, 0) is 179 Å². The summed E-state index contributed by atoms with van der Waals surface area (Å²) in [5.74, 6) is 0.681. The Morgan fingerprint density at radius 3 is 1.35 bits per heavy atom. The zero-order valence-corrected chi connectivity index (χ0v) is 58.9. The quantitative estimate of drug-likeness (QED) is 0.104. The number of allylic oxidation sites excluding steroid dienone is 1. The number of benzene rings is 18. The van der Waals surface area contributed by atoms with Crippen molar-refractivity contribution in [3.05, 3.63) is 393 Å². The van der Waals surface area contributed by atoms with Gasteiger partial charge < -0.3 is 5.32 Å². The van der Waals surface area contributed by atoms with Crippen LogP contribution in [0.1, 0.15) is 22.9 Å². The molecule has 0 saturated heterocycles. The van der Waals surface area contributed by atoms with Crippen molar-refractivity contribution < 1.29 is 0 Å². The van der Waals surface area contributed by atoms with Crippen LogP contribution in [-0.4, -0.2) is 15.7 Å². The van der Waals surface area contributed by atoms with Gasteiger partial charge in [-0.25, -0.2) is 9.97 Å². The fourth-order valence-corrected chi connectivity index (χ4v) is 17.8. The van der Waals surface area contributed by atoms with E-state index in [1.54, 1.807) is 0 Å². The van der Waals surface area contributed by atoms with Crippen LogP contribution in [0.4, 0.5) is 0 Å². The molecule has 0 amide bonds. The number of aromatic nitrogens is 2. The van der Waals surface area contributed by atoms with Gasteiger partial charge in [-0.2, -0.15) is 0 Å². The van der Waals surface area contributed by atoms with Gasteiger partial charge in [0.2, 0.25) is 0 Å². The largest absolute Gasteiger partial charge is 0.359 e. The third kappa shape index (κ3) is 10.9. The van der Waals surface area contributed by atoms with Gasteiger partial charge in [0, 0.05) is 53.7 Å². The van der Waals surface area contributed by atoms with Crippen LogP contribution < -0.4 is 5.32 Å². The molecular formula is C102H64N4S. The summed E-state index contributed by atoms with van der Waals surface area (Å²) in [6, 6.07) is 135. The molecule has 498 valence electrons. The lowest BCUT2D eigenvalue weighted by Crippen LogP contribution is -2.25. The molecule has 107 heavy (non-hydrogen) atoms. The van der Waals surface area contributed by atoms with E-state index in [-0.39, 0.29) is 0 Å². The third-order valence-corrected chi connectivity index (χ3v) is 23.1.